The van der Waals surface area contributed by atoms with Crippen LogP contribution in [0, 0.1) is 0 Å². The molecule has 0 amide bonds. The quantitative estimate of drug-likeness (QED) is 0.338. The molecule has 2 N–H and O–H groups in total. The van der Waals surface area contributed by atoms with Crippen molar-refractivity contribution in [2.75, 3.05) is 17.4 Å². The molecule has 1 aliphatic heterocycles. The zero-order valence-electron chi connectivity index (χ0n) is 20.1. The number of para-hydroxylation sites is 1. The summed E-state index contributed by atoms with van der Waals surface area (Å²) in [4.78, 5) is 11.6. The average Bonchev–Trinajstić information content (AvgIpc) is 3.56. The maximum atomic E-state index is 13.5. The first kappa shape index (κ1) is 24.5. The van der Waals surface area contributed by atoms with Gasteiger partial charge in [0.25, 0.3) is 10.0 Å². The number of thiophene rings is 1. The molecule has 0 saturated carbocycles. The lowest BCUT2D eigenvalue weighted by atomic mass is 9.94. The van der Waals surface area contributed by atoms with Crippen molar-refractivity contribution in [2.45, 2.75) is 56.0 Å². The molecule has 0 bridgehead atoms. The highest BCUT2D eigenvalue weighted by Gasteiger charge is 2.30. The number of anilines is 1. The minimum Gasteiger partial charge on any atom is -0.390 e. The molecule has 0 aliphatic carbocycles. The fraction of sp³-hybridized carbons (Fsp3) is 0.400. The number of aromatic nitrogens is 2. The van der Waals surface area contributed by atoms with E-state index in [2.05, 4.69) is 14.9 Å². The van der Waals surface area contributed by atoms with Crippen molar-refractivity contribution < 1.29 is 13.5 Å². The number of H-pyrrole nitrogens is 1. The molecule has 0 radical (unpaired) electrons. The van der Waals surface area contributed by atoms with Crippen molar-refractivity contribution in [3.8, 4) is 10.7 Å². The van der Waals surface area contributed by atoms with Crippen LogP contribution in [0.25, 0.3) is 21.6 Å². The molecular weight excluding hydrogens is 501 g/mol. The Hall–Kier alpha value is -2.24. The Bertz CT molecular complexity index is 1410. The Balaban J connectivity index is 1.45. The first-order valence-electron chi connectivity index (χ1n) is 11.7. The number of rotatable bonds is 7. The largest absolute Gasteiger partial charge is 0.390 e. The van der Waals surface area contributed by atoms with Gasteiger partial charge in [0.2, 0.25) is 0 Å². The predicted octanol–water partition coefficient (Wildman–Crippen LogP) is 5.30. The van der Waals surface area contributed by atoms with Crippen LogP contribution in [0.15, 0.2) is 52.2 Å². The van der Waals surface area contributed by atoms with Gasteiger partial charge in [0.15, 0.2) is 0 Å². The van der Waals surface area contributed by atoms with Crippen LogP contribution in [0.4, 0.5) is 5.69 Å². The first-order chi connectivity index (χ1) is 16.6. The number of aromatic amines is 1. The summed E-state index contributed by atoms with van der Waals surface area (Å²) >= 11 is 2.87. The lowest BCUT2D eigenvalue weighted by molar-refractivity contribution is -0.00707. The van der Waals surface area contributed by atoms with Crippen LogP contribution in [0.2, 0.25) is 0 Å². The predicted molar refractivity (Wildman–Crippen MR) is 144 cm³/mol. The average molecular weight is 531 g/mol. The number of hydrogen-bond acceptors (Lipinski definition) is 7. The van der Waals surface area contributed by atoms with Crippen LogP contribution in [-0.2, 0) is 16.6 Å². The van der Waals surface area contributed by atoms with Crippen molar-refractivity contribution in [1.29, 1.82) is 0 Å². The van der Waals surface area contributed by atoms with Gasteiger partial charge in [-0.05, 0) is 57.2 Å². The lowest BCUT2D eigenvalue weighted by Gasteiger charge is -2.35. The first-order valence-corrected chi connectivity index (χ1v) is 14.9. The van der Waals surface area contributed by atoms with E-state index in [9.17, 15) is 13.5 Å². The number of fused-ring (bicyclic) bond motifs is 1. The zero-order valence-corrected chi connectivity index (χ0v) is 22.5. The molecule has 3 aromatic heterocycles. The highest BCUT2D eigenvalue weighted by Crippen LogP contribution is 2.36. The van der Waals surface area contributed by atoms with E-state index in [1.807, 2.05) is 51.2 Å². The highest BCUT2D eigenvalue weighted by molar-refractivity contribution is 7.94. The third-order valence-corrected chi connectivity index (χ3v) is 10.8. The summed E-state index contributed by atoms with van der Waals surface area (Å²) in [7, 11) is -3.68. The van der Waals surface area contributed by atoms with E-state index < -0.39 is 15.6 Å². The Labute approximate surface area is 214 Å². The van der Waals surface area contributed by atoms with Gasteiger partial charge in [0.1, 0.15) is 9.22 Å². The van der Waals surface area contributed by atoms with Crippen molar-refractivity contribution in [3.63, 3.8) is 0 Å². The number of aliphatic hydroxyl groups is 1. The second kappa shape index (κ2) is 9.33. The molecule has 0 spiro atoms. The minimum absolute atomic E-state index is 0.253. The highest BCUT2D eigenvalue weighted by atomic mass is 32.2. The maximum absolute atomic E-state index is 13.5. The second-order valence-electron chi connectivity index (χ2n) is 9.66. The molecule has 10 heteroatoms. The van der Waals surface area contributed by atoms with Gasteiger partial charge in [-0.2, -0.15) is 0 Å². The van der Waals surface area contributed by atoms with Crippen LogP contribution in [0.5, 0.6) is 0 Å². The summed E-state index contributed by atoms with van der Waals surface area (Å²) in [6.07, 6.45) is 3.48. The van der Waals surface area contributed by atoms with Gasteiger partial charge in [0.05, 0.1) is 22.5 Å². The minimum atomic E-state index is -3.68. The number of piperidine rings is 1. The summed E-state index contributed by atoms with van der Waals surface area (Å²) in [5, 5.41) is 13.8. The van der Waals surface area contributed by atoms with Crippen LogP contribution in [-0.4, -0.2) is 53.1 Å². The van der Waals surface area contributed by atoms with E-state index in [4.69, 9.17) is 0 Å². The molecule has 186 valence electrons. The fourth-order valence-corrected chi connectivity index (χ4v) is 8.23. The molecule has 1 fully saturated rings. The summed E-state index contributed by atoms with van der Waals surface area (Å²) in [6, 6.07) is 10.9. The third kappa shape index (κ3) is 4.90. The van der Waals surface area contributed by atoms with Crippen LogP contribution in [0.3, 0.4) is 0 Å². The fourth-order valence-electron chi connectivity index (χ4n) is 4.55. The lowest BCUT2D eigenvalue weighted by Crippen LogP contribution is -2.41. The SMILES string of the molecule is CC(C)N(c1cccc2cc(-c3ncc(CN4CCC(C)(O)CC4)s3)[nH]c12)S(=O)(=O)c1cccs1. The summed E-state index contributed by atoms with van der Waals surface area (Å²) < 4.78 is 28.8. The Morgan fingerprint density at radius 3 is 2.69 bits per heavy atom. The molecule has 5 rings (SSSR count). The smallest absolute Gasteiger partial charge is 0.274 e. The summed E-state index contributed by atoms with van der Waals surface area (Å²) in [5.41, 5.74) is 1.74. The van der Waals surface area contributed by atoms with Gasteiger partial charge in [0, 0.05) is 42.1 Å². The number of benzene rings is 1. The number of hydrogen-bond donors (Lipinski definition) is 2. The number of thiazole rings is 1. The molecule has 1 aliphatic rings. The van der Waals surface area contributed by atoms with Crippen molar-refractivity contribution in [3.05, 3.63) is 52.9 Å². The van der Waals surface area contributed by atoms with Crippen molar-refractivity contribution >= 4 is 49.3 Å². The van der Waals surface area contributed by atoms with Crippen molar-refractivity contribution in [2.24, 2.45) is 0 Å². The molecule has 4 heterocycles. The molecular formula is C25H30N4O3S3. The molecule has 1 aromatic carbocycles. The number of likely N-dealkylation sites (tertiary alicyclic amines) is 1. The Morgan fingerprint density at radius 2 is 2.00 bits per heavy atom. The number of sulfonamides is 1. The van der Waals surface area contributed by atoms with E-state index >= 15 is 0 Å². The van der Waals surface area contributed by atoms with Crippen LogP contribution < -0.4 is 4.31 Å². The monoisotopic (exact) mass is 530 g/mol. The Morgan fingerprint density at radius 1 is 1.23 bits per heavy atom. The van der Waals surface area contributed by atoms with Gasteiger partial charge < -0.3 is 10.1 Å². The zero-order chi connectivity index (χ0) is 24.8. The van der Waals surface area contributed by atoms with Crippen LogP contribution >= 0.6 is 22.7 Å². The van der Waals surface area contributed by atoms with Gasteiger partial charge in [-0.3, -0.25) is 9.21 Å². The Kier molecular flexibility index (Phi) is 6.52. The van der Waals surface area contributed by atoms with E-state index in [0.29, 0.717) is 9.90 Å². The third-order valence-electron chi connectivity index (χ3n) is 6.45. The van der Waals surface area contributed by atoms with E-state index in [1.165, 1.54) is 20.5 Å². The van der Waals surface area contributed by atoms with Crippen LogP contribution in [0.1, 0.15) is 38.5 Å². The van der Waals surface area contributed by atoms with Gasteiger partial charge in [-0.1, -0.05) is 18.2 Å². The summed E-state index contributed by atoms with van der Waals surface area (Å²) in [5.74, 6) is 0. The molecule has 0 atom stereocenters. The van der Waals surface area contributed by atoms with Gasteiger partial charge in [-0.15, -0.1) is 22.7 Å². The van der Waals surface area contributed by atoms with Crippen molar-refractivity contribution in [1.82, 2.24) is 14.9 Å². The molecule has 1 saturated heterocycles. The normalized spacial score (nSPS) is 16.8. The van der Waals surface area contributed by atoms with E-state index in [-0.39, 0.29) is 6.04 Å². The number of nitrogens with one attached hydrogen (secondary N) is 1. The standard InChI is InChI=1S/C25H30N4O3S3/c1-17(2)29(35(31,32)22-8-5-13-33-22)21-7-4-6-18-14-20(27-23(18)21)24-26-15-19(34-24)16-28-11-9-25(3,30)10-12-28/h4-8,13-15,17,27,30H,9-12,16H2,1-3H3. The molecule has 4 aromatic rings. The summed E-state index contributed by atoms with van der Waals surface area (Å²) in [6.45, 7) is 8.26. The molecule has 7 nitrogen and oxygen atoms in total. The molecule has 35 heavy (non-hydrogen) atoms. The maximum Gasteiger partial charge on any atom is 0.274 e. The van der Waals surface area contributed by atoms with E-state index in [0.717, 1.165) is 54.1 Å². The second-order valence-corrected chi connectivity index (χ2v) is 13.8. The van der Waals surface area contributed by atoms with Gasteiger partial charge in [-0.25, -0.2) is 13.4 Å². The molecule has 0 unspecified atom stereocenters. The van der Waals surface area contributed by atoms with Gasteiger partial charge >= 0.3 is 0 Å². The number of nitrogens with zero attached hydrogens (tertiary/aromatic N) is 3. The topological polar surface area (TPSA) is 89.5 Å². The van der Waals surface area contributed by atoms with E-state index in [1.54, 1.807) is 28.8 Å².